The van der Waals surface area contributed by atoms with E-state index in [4.69, 9.17) is 0 Å². The van der Waals surface area contributed by atoms with E-state index in [0.29, 0.717) is 5.25 Å². The zero-order chi connectivity index (χ0) is 12.0. The standard InChI is InChI=1S/C14H22OS/c1-4-12-5-7-13(8-6-12)9-14(15)10-16-11(2)3/h5-8,11,14-15H,4,9-10H2,1-3H3. The first kappa shape index (κ1) is 13.6. The SMILES string of the molecule is CCc1ccc(CC(O)CSC(C)C)cc1. The molecule has 1 rings (SSSR count). The summed E-state index contributed by atoms with van der Waals surface area (Å²) in [6, 6.07) is 8.56. The van der Waals surface area contributed by atoms with Crippen LogP contribution in [-0.4, -0.2) is 22.2 Å². The molecule has 0 aliphatic rings. The van der Waals surface area contributed by atoms with E-state index < -0.39 is 0 Å². The highest BCUT2D eigenvalue weighted by Crippen LogP contribution is 2.14. The van der Waals surface area contributed by atoms with Crippen molar-refractivity contribution in [2.24, 2.45) is 0 Å². The van der Waals surface area contributed by atoms with Crippen LogP contribution in [0.2, 0.25) is 0 Å². The Hall–Kier alpha value is -0.470. The van der Waals surface area contributed by atoms with Crippen molar-refractivity contribution in [2.45, 2.75) is 45.0 Å². The number of aliphatic hydroxyl groups excluding tert-OH is 1. The average Bonchev–Trinajstić information content (AvgIpc) is 2.27. The van der Waals surface area contributed by atoms with Crippen LogP contribution < -0.4 is 0 Å². The van der Waals surface area contributed by atoms with Crippen molar-refractivity contribution in [3.8, 4) is 0 Å². The van der Waals surface area contributed by atoms with Gasteiger partial charge >= 0.3 is 0 Å². The molecule has 0 aliphatic heterocycles. The predicted octanol–water partition coefficient (Wildman–Crippen LogP) is 3.29. The summed E-state index contributed by atoms with van der Waals surface area (Å²) < 4.78 is 0. The fourth-order valence-corrected chi connectivity index (χ4v) is 2.27. The first-order valence-corrected chi connectivity index (χ1v) is 7.04. The van der Waals surface area contributed by atoms with Gasteiger partial charge in [0.15, 0.2) is 0 Å². The summed E-state index contributed by atoms with van der Waals surface area (Å²) in [4.78, 5) is 0. The third kappa shape index (κ3) is 5.04. The van der Waals surface area contributed by atoms with E-state index in [0.717, 1.165) is 18.6 Å². The molecule has 1 unspecified atom stereocenters. The fraction of sp³-hybridized carbons (Fsp3) is 0.571. The zero-order valence-electron chi connectivity index (χ0n) is 10.4. The highest BCUT2D eigenvalue weighted by atomic mass is 32.2. The van der Waals surface area contributed by atoms with E-state index in [1.807, 2.05) is 11.8 Å². The summed E-state index contributed by atoms with van der Waals surface area (Å²) in [5, 5.41) is 10.5. The van der Waals surface area contributed by atoms with Crippen molar-refractivity contribution in [2.75, 3.05) is 5.75 Å². The number of thioether (sulfide) groups is 1. The maximum atomic E-state index is 9.86. The summed E-state index contributed by atoms with van der Waals surface area (Å²) in [5.74, 6) is 0.827. The zero-order valence-corrected chi connectivity index (χ0v) is 11.3. The van der Waals surface area contributed by atoms with Crippen LogP contribution >= 0.6 is 11.8 Å². The maximum Gasteiger partial charge on any atom is 0.0670 e. The van der Waals surface area contributed by atoms with Gasteiger partial charge in [0.25, 0.3) is 0 Å². The van der Waals surface area contributed by atoms with Gasteiger partial charge in [-0.3, -0.25) is 0 Å². The third-order valence-corrected chi connectivity index (χ3v) is 3.77. The minimum absolute atomic E-state index is 0.222. The number of hydrogen-bond acceptors (Lipinski definition) is 2. The molecule has 0 aliphatic carbocycles. The Bertz CT molecular complexity index is 292. The molecule has 0 saturated heterocycles. The lowest BCUT2D eigenvalue weighted by atomic mass is 10.1. The Balaban J connectivity index is 2.40. The molecule has 16 heavy (non-hydrogen) atoms. The molecule has 90 valence electrons. The van der Waals surface area contributed by atoms with Crippen LogP contribution in [0.3, 0.4) is 0 Å². The molecule has 0 aromatic heterocycles. The van der Waals surface area contributed by atoms with Gasteiger partial charge in [0, 0.05) is 5.75 Å². The fourth-order valence-electron chi connectivity index (χ4n) is 1.55. The van der Waals surface area contributed by atoms with Gasteiger partial charge in [-0.1, -0.05) is 45.0 Å². The number of rotatable bonds is 6. The van der Waals surface area contributed by atoms with E-state index in [1.165, 1.54) is 11.1 Å². The monoisotopic (exact) mass is 238 g/mol. The molecule has 0 fully saturated rings. The van der Waals surface area contributed by atoms with Crippen LogP contribution in [-0.2, 0) is 12.8 Å². The largest absolute Gasteiger partial charge is 0.392 e. The second-order valence-electron chi connectivity index (χ2n) is 4.41. The highest BCUT2D eigenvalue weighted by molar-refractivity contribution is 7.99. The van der Waals surface area contributed by atoms with Crippen LogP contribution in [0.25, 0.3) is 0 Å². The van der Waals surface area contributed by atoms with Gasteiger partial charge in [0.05, 0.1) is 6.10 Å². The number of aliphatic hydroxyl groups is 1. The van der Waals surface area contributed by atoms with E-state index in [1.54, 1.807) is 0 Å². The predicted molar refractivity (Wildman–Crippen MR) is 73.1 cm³/mol. The Morgan fingerprint density at radius 2 is 1.69 bits per heavy atom. The van der Waals surface area contributed by atoms with Gasteiger partial charge in [0.1, 0.15) is 0 Å². The van der Waals surface area contributed by atoms with Gasteiger partial charge in [-0.25, -0.2) is 0 Å². The second kappa shape index (κ2) is 6.97. The van der Waals surface area contributed by atoms with E-state index in [2.05, 4.69) is 45.0 Å². The quantitative estimate of drug-likeness (QED) is 0.820. The number of aryl methyl sites for hydroxylation is 1. The van der Waals surface area contributed by atoms with E-state index in [9.17, 15) is 5.11 Å². The van der Waals surface area contributed by atoms with Crippen LogP contribution in [0.5, 0.6) is 0 Å². The van der Waals surface area contributed by atoms with Crippen molar-refractivity contribution in [3.05, 3.63) is 35.4 Å². The van der Waals surface area contributed by atoms with Crippen molar-refractivity contribution in [1.82, 2.24) is 0 Å². The lowest BCUT2D eigenvalue weighted by Gasteiger charge is -2.12. The minimum atomic E-state index is -0.222. The van der Waals surface area contributed by atoms with Gasteiger partial charge in [-0.2, -0.15) is 11.8 Å². The van der Waals surface area contributed by atoms with Gasteiger partial charge < -0.3 is 5.11 Å². The molecule has 1 aromatic rings. The van der Waals surface area contributed by atoms with E-state index >= 15 is 0 Å². The molecule has 1 atom stereocenters. The minimum Gasteiger partial charge on any atom is -0.392 e. The Labute approximate surface area is 103 Å². The van der Waals surface area contributed by atoms with E-state index in [-0.39, 0.29) is 6.10 Å². The lowest BCUT2D eigenvalue weighted by molar-refractivity contribution is 0.200. The molecule has 1 nitrogen and oxygen atoms in total. The van der Waals surface area contributed by atoms with Crippen LogP contribution in [0, 0.1) is 0 Å². The molecule has 1 aromatic carbocycles. The summed E-state index contributed by atoms with van der Waals surface area (Å²) >= 11 is 1.82. The second-order valence-corrected chi connectivity index (χ2v) is 6.02. The summed E-state index contributed by atoms with van der Waals surface area (Å²) in [7, 11) is 0. The molecule has 0 amide bonds. The van der Waals surface area contributed by atoms with Gasteiger partial charge in [0.2, 0.25) is 0 Å². The molecule has 0 saturated carbocycles. The summed E-state index contributed by atoms with van der Waals surface area (Å²) in [5.41, 5.74) is 2.59. The first-order valence-electron chi connectivity index (χ1n) is 5.99. The number of benzene rings is 1. The summed E-state index contributed by atoms with van der Waals surface area (Å²) in [6.45, 7) is 6.48. The molecule has 0 bridgehead atoms. The van der Waals surface area contributed by atoms with Gasteiger partial charge in [-0.05, 0) is 29.2 Å². The van der Waals surface area contributed by atoms with Crippen LogP contribution in [0.4, 0.5) is 0 Å². The molecule has 0 radical (unpaired) electrons. The third-order valence-electron chi connectivity index (χ3n) is 2.52. The van der Waals surface area contributed by atoms with Crippen molar-refractivity contribution >= 4 is 11.8 Å². The highest BCUT2D eigenvalue weighted by Gasteiger charge is 2.06. The van der Waals surface area contributed by atoms with Crippen LogP contribution in [0.15, 0.2) is 24.3 Å². The normalized spacial score (nSPS) is 13.1. The van der Waals surface area contributed by atoms with Gasteiger partial charge in [-0.15, -0.1) is 0 Å². The first-order chi connectivity index (χ1) is 7.61. The van der Waals surface area contributed by atoms with Crippen molar-refractivity contribution in [1.29, 1.82) is 0 Å². The number of hydrogen-bond donors (Lipinski definition) is 1. The Morgan fingerprint density at radius 1 is 1.12 bits per heavy atom. The molecule has 0 spiro atoms. The average molecular weight is 238 g/mol. The topological polar surface area (TPSA) is 20.2 Å². The molecular weight excluding hydrogens is 216 g/mol. The smallest absolute Gasteiger partial charge is 0.0670 e. The Morgan fingerprint density at radius 3 is 2.19 bits per heavy atom. The lowest BCUT2D eigenvalue weighted by Crippen LogP contribution is -2.14. The molecule has 2 heteroatoms. The van der Waals surface area contributed by atoms with Crippen LogP contribution in [0.1, 0.15) is 31.9 Å². The molecular formula is C14H22OS. The molecule has 1 N–H and O–H groups in total. The maximum absolute atomic E-state index is 9.86. The molecule has 0 heterocycles. The Kier molecular flexibility index (Phi) is 5.93. The summed E-state index contributed by atoms with van der Waals surface area (Å²) in [6.07, 6.45) is 1.62. The van der Waals surface area contributed by atoms with Crippen molar-refractivity contribution < 1.29 is 5.11 Å². The van der Waals surface area contributed by atoms with Crippen molar-refractivity contribution in [3.63, 3.8) is 0 Å².